The van der Waals surface area contributed by atoms with E-state index in [0.717, 1.165) is 0 Å². The maximum absolute atomic E-state index is 12.0. The molecule has 1 aliphatic rings. The minimum atomic E-state index is -2.81. The summed E-state index contributed by atoms with van der Waals surface area (Å²) in [7, 11) is 1.60. The van der Waals surface area contributed by atoms with Gasteiger partial charge in [0, 0.05) is 60.9 Å². The fourth-order valence-corrected chi connectivity index (χ4v) is 3.66. The van der Waals surface area contributed by atoms with Crippen LogP contribution < -0.4 is 10.1 Å². The number of aliphatic hydroxyl groups is 1. The van der Waals surface area contributed by atoms with Crippen molar-refractivity contribution in [2.45, 2.75) is 38.8 Å². The van der Waals surface area contributed by atoms with Gasteiger partial charge in [-0.15, -0.1) is 0 Å². The molecule has 1 aliphatic heterocycles. The van der Waals surface area contributed by atoms with Crippen LogP contribution in [0, 0.1) is 6.92 Å². The van der Waals surface area contributed by atoms with Gasteiger partial charge in [0.2, 0.25) is 5.91 Å². The quantitative estimate of drug-likeness (QED) is 0.568. The zero-order valence-electron chi connectivity index (χ0n) is 21.1. The summed E-state index contributed by atoms with van der Waals surface area (Å²) in [6.07, 6.45) is 1.44. The van der Waals surface area contributed by atoms with Crippen LogP contribution in [0.1, 0.15) is 35.7 Å². The van der Waals surface area contributed by atoms with Crippen molar-refractivity contribution >= 4 is 22.6 Å². The van der Waals surface area contributed by atoms with Crippen molar-refractivity contribution in [3.8, 4) is 11.6 Å². The first-order valence-electron chi connectivity index (χ1n) is 11.7. The smallest absolute Gasteiger partial charge is 0.222 e. The number of aliphatic hydroxyl groups excluding tert-OH is 1. The lowest BCUT2D eigenvalue weighted by Crippen LogP contribution is -2.30. The number of hydrogen-bond acceptors (Lipinski definition) is 8. The third kappa shape index (κ3) is 4.29. The highest BCUT2D eigenvalue weighted by Gasteiger charge is 2.39. The molecule has 2 atom stereocenters. The van der Waals surface area contributed by atoms with Crippen molar-refractivity contribution < 1.29 is 28.2 Å². The molecule has 4 rings (SSSR count). The molecule has 1 saturated heterocycles. The second-order valence-corrected chi connectivity index (χ2v) is 7.75. The number of carbonyl (C=O) groups is 1. The lowest BCUT2D eigenvalue weighted by Gasteiger charge is -2.26. The molecule has 0 saturated carbocycles. The Hall–Kier alpha value is -3.08. The van der Waals surface area contributed by atoms with Gasteiger partial charge in [0.25, 0.3) is 0 Å². The molecule has 0 radical (unpaired) electrons. The van der Waals surface area contributed by atoms with Gasteiger partial charge in [-0.3, -0.25) is 4.79 Å². The van der Waals surface area contributed by atoms with Crippen molar-refractivity contribution in [2.75, 3.05) is 32.2 Å². The molecule has 1 amide bonds. The molecular weight excluding hydrogens is 414 g/mol. The molecule has 10 nitrogen and oxygen atoms in total. The van der Waals surface area contributed by atoms with Crippen LogP contribution >= 0.6 is 0 Å². The van der Waals surface area contributed by atoms with Crippen LogP contribution in [-0.4, -0.2) is 63.8 Å². The molecule has 0 bridgehead atoms. The van der Waals surface area contributed by atoms with Crippen molar-refractivity contribution in [1.29, 1.82) is 0 Å². The molecule has 0 aromatic carbocycles. The zero-order chi connectivity index (χ0) is 25.4. The Kier molecular flexibility index (Phi) is 5.09. The van der Waals surface area contributed by atoms with Gasteiger partial charge in [0.1, 0.15) is 23.8 Å². The maximum Gasteiger partial charge on any atom is 0.222 e. The number of methoxy groups -OCH3 is 1. The summed E-state index contributed by atoms with van der Waals surface area (Å²) in [5.74, 6) is -0.201. The van der Waals surface area contributed by atoms with E-state index in [9.17, 15) is 9.90 Å². The summed E-state index contributed by atoms with van der Waals surface area (Å²) in [4.78, 5) is 20.9. The zero-order valence-corrected chi connectivity index (χ0v) is 18.1. The summed E-state index contributed by atoms with van der Waals surface area (Å²) < 4.78 is 40.6. The molecule has 10 heteroatoms. The van der Waals surface area contributed by atoms with Crippen LogP contribution in [0.5, 0.6) is 5.75 Å². The van der Waals surface area contributed by atoms with Gasteiger partial charge in [0.05, 0.1) is 29.6 Å². The number of rotatable bonds is 7. The number of aryl methyl sites for hydroxylation is 1. The lowest BCUT2D eigenvalue weighted by atomic mass is 9.97. The first-order valence-corrected chi connectivity index (χ1v) is 10.2. The SMILES string of the molecule is [2H]C([2H])([2H])C(=O)Nc1cc2c(cn1)c(C)nn2-c1cc(OC[C@@H](C)O)cc([C@]2(OC)CCOC2)n1. The number of fused-ring (bicyclic) bond motifs is 1. The van der Waals surface area contributed by atoms with Crippen LogP contribution in [0.3, 0.4) is 0 Å². The Morgan fingerprint density at radius 1 is 1.47 bits per heavy atom. The van der Waals surface area contributed by atoms with Crippen LogP contribution in [0.4, 0.5) is 5.82 Å². The topological polar surface area (TPSA) is 121 Å². The summed E-state index contributed by atoms with van der Waals surface area (Å²) in [6.45, 7) is 1.54. The van der Waals surface area contributed by atoms with Crippen molar-refractivity contribution in [3.05, 3.63) is 35.8 Å². The number of anilines is 1. The largest absolute Gasteiger partial charge is 0.491 e. The normalized spacial score (nSPS) is 21.1. The Bertz CT molecular complexity index is 1240. The van der Waals surface area contributed by atoms with E-state index in [1.807, 2.05) is 0 Å². The number of pyridine rings is 2. The summed E-state index contributed by atoms with van der Waals surface area (Å²) in [5.41, 5.74) is 1.03. The minimum absolute atomic E-state index is 0.0686. The van der Waals surface area contributed by atoms with E-state index < -0.39 is 24.5 Å². The van der Waals surface area contributed by atoms with Gasteiger partial charge in [0.15, 0.2) is 5.82 Å². The van der Waals surface area contributed by atoms with Crippen LogP contribution in [0.25, 0.3) is 16.7 Å². The van der Waals surface area contributed by atoms with Gasteiger partial charge in [-0.2, -0.15) is 5.10 Å². The molecule has 3 aromatic heterocycles. The van der Waals surface area contributed by atoms with Crippen molar-refractivity contribution in [2.24, 2.45) is 0 Å². The summed E-state index contributed by atoms with van der Waals surface area (Å²) >= 11 is 0. The Morgan fingerprint density at radius 3 is 3.00 bits per heavy atom. The first kappa shape index (κ1) is 18.5. The number of aromatic nitrogens is 4. The second kappa shape index (κ2) is 8.81. The van der Waals surface area contributed by atoms with Crippen molar-refractivity contribution in [1.82, 2.24) is 19.7 Å². The standard InChI is InChI=1S/C22H27N5O5/c1-13(28)11-32-16-7-19(22(30-4)5-6-31-12-22)25-21(8-16)27-18-9-20(24-15(3)29)23-10-17(18)14(2)26-27/h7-10,13,28H,5-6,11-12H2,1-4H3,(H,23,24,29)/t13-,22+/m1/s1/i3D3. The highest BCUT2D eigenvalue weighted by molar-refractivity contribution is 5.91. The van der Waals surface area contributed by atoms with Crippen LogP contribution in [-0.2, 0) is 19.9 Å². The molecule has 170 valence electrons. The number of hydrogen-bond donors (Lipinski definition) is 2. The van der Waals surface area contributed by atoms with Gasteiger partial charge < -0.3 is 24.6 Å². The highest BCUT2D eigenvalue weighted by Crippen LogP contribution is 2.35. The van der Waals surface area contributed by atoms with E-state index in [4.69, 9.17) is 23.3 Å². The number of nitrogens with zero attached hydrogens (tertiary/aromatic N) is 4. The molecule has 4 heterocycles. The van der Waals surface area contributed by atoms with E-state index >= 15 is 0 Å². The minimum Gasteiger partial charge on any atom is -0.491 e. The average molecular weight is 445 g/mol. The summed E-state index contributed by atoms with van der Waals surface area (Å²) in [5, 5.41) is 17.3. The maximum atomic E-state index is 12.0. The van der Waals surface area contributed by atoms with Gasteiger partial charge >= 0.3 is 0 Å². The fraction of sp³-hybridized carbons (Fsp3) is 0.455. The molecule has 2 N–H and O–H groups in total. The molecular formula is C22H27N5O5. The van der Waals surface area contributed by atoms with Gasteiger partial charge in [-0.05, 0) is 13.8 Å². The van der Waals surface area contributed by atoms with E-state index in [1.54, 1.807) is 37.8 Å². The first-order chi connectivity index (χ1) is 16.5. The van der Waals surface area contributed by atoms with E-state index in [0.29, 0.717) is 53.5 Å². The predicted octanol–water partition coefficient (Wildman–Crippen LogP) is 2.10. The molecule has 1 fully saturated rings. The van der Waals surface area contributed by atoms with E-state index in [1.165, 1.54) is 12.3 Å². The van der Waals surface area contributed by atoms with E-state index in [2.05, 4.69) is 15.4 Å². The second-order valence-electron chi connectivity index (χ2n) is 7.75. The lowest BCUT2D eigenvalue weighted by molar-refractivity contribution is -0.114. The summed E-state index contributed by atoms with van der Waals surface area (Å²) in [6, 6.07) is 4.97. The average Bonchev–Trinajstić information content (AvgIpc) is 3.42. The number of ether oxygens (including phenoxy) is 3. The molecule has 32 heavy (non-hydrogen) atoms. The molecule has 0 spiro atoms. The number of carbonyl (C=O) groups excluding carboxylic acids is 1. The number of amides is 1. The van der Waals surface area contributed by atoms with Crippen LogP contribution in [0.2, 0.25) is 0 Å². The molecule has 0 aliphatic carbocycles. The Labute approximate surface area is 189 Å². The fourth-order valence-electron chi connectivity index (χ4n) is 3.66. The van der Waals surface area contributed by atoms with E-state index in [-0.39, 0.29) is 12.4 Å². The predicted molar refractivity (Wildman–Crippen MR) is 117 cm³/mol. The third-order valence-electron chi connectivity index (χ3n) is 5.33. The van der Waals surface area contributed by atoms with Gasteiger partial charge in [-0.25, -0.2) is 14.6 Å². The monoisotopic (exact) mass is 444 g/mol. The molecule has 0 unspecified atom stereocenters. The highest BCUT2D eigenvalue weighted by atomic mass is 16.5. The number of nitrogens with one attached hydrogen (secondary N) is 1. The van der Waals surface area contributed by atoms with Gasteiger partial charge in [-0.1, -0.05) is 0 Å². The Balaban J connectivity index is 1.83. The van der Waals surface area contributed by atoms with Crippen LogP contribution in [0.15, 0.2) is 24.4 Å². The third-order valence-corrected chi connectivity index (χ3v) is 5.33. The Morgan fingerprint density at radius 2 is 2.31 bits per heavy atom. The molecule has 3 aromatic rings. The van der Waals surface area contributed by atoms with Crippen molar-refractivity contribution in [3.63, 3.8) is 0 Å².